The topological polar surface area (TPSA) is 156 Å². The van der Waals surface area contributed by atoms with Crippen molar-refractivity contribution in [2.45, 2.75) is 35.3 Å². The first kappa shape index (κ1) is 19.8. The van der Waals surface area contributed by atoms with E-state index in [1.54, 1.807) is 5.41 Å². The molecule has 2 aromatic heterocycles. The average molecular weight is 455 g/mol. The van der Waals surface area contributed by atoms with E-state index in [2.05, 4.69) is 31.0 Å². The Morgan fingerprint density at radius 3 is 2.86 bits per heavy atom. The molecule has 0 aliphatic carbocycles. The summed E-state index contributed by atoms with van der Waals surface area (Å²) in [5.74, 6) is -1.59. The van der Waals surface area contributed by atoms with E-state index in [1.165, 1.54) is 50.8 Å². The van der Waals surface area contributed by atoms with E-state index in [4.69, 9.17) is 0 Å². The number of tetrazole rings is 1. The van der Waals surface area contributed by atoms with Crippen LogP contribution in [-0.4, -0.2) is 81.4 Å². The summed E-state index contributed by atoms with van der Waals surface area (Å²) in [4.78, 5) is 37.9. The molecule has 15 heteroatoms. The summed E-state index contributed by atoms with van der Waals surface area (Å²) in [5.41, 5.74) is 0.600. The SMILES string of the molecule is Cc1nnc(SCC2=CS[C@@H]3[C@H](NC(=O)Cn4cnnn4)C(=O)N3C2C(=O)O)s1. The zero-order chi connectivity index (χ0) is 20.5. The van der Waals surface area contributed by atoms with E-state index in [9.17, 15) is 19.5 Å². The molecule has 1 fully saturated rings. The highest BCUT2D eigenvalue weighted by Gasteiger charge is 2.55. The quantitative estimate of drug-likeness (QED) is 0.405. The van der Waals surface area contributed by atoms with Crippen LogP contribution < -0.4 is 5.32 Å². The fourth-order valence-electron chi connectivity index (χ4n) is 2.93. The van der Waals surface area contributed by atoms with Crippen LogP contribution in [0, 0.1) is 6.92 Å². The minimum absolute atomic E-state index is 0.129. The summed E-state index contributed by atoms with van der Waals surface area (Å²) in [6, 6.07) is -1.86. The van der Waals surface area contributed by atoms with Gasteiger partial charge in [0, 0.05) is 5.75 Å². The van der Waals surface area contributed by atoms with Gasteiger partial charge in [0.05, 0.1) is 0 Å². The van der Waals surface area contributed by atoms with Gasteiger partial charge in [0.25, 0.3) is 0 Å². The third kappa shape index (κ3) is 3.97. The van der Waals surface area contributed by atoms with Gasteiger partial charge in [-0.15, -0.1) is 27.1 Å². The highest BCUT2D eigenvalue weighted by Crippen LogP contribution is 2.41. The van der Waals surface area contributed by atoms with Gasteiger partial charge >= 0.3 is 5.97 Å². The second kappa shape index (κ2) is 8.08. The Kier molecular flexibility index (Phi) is 5.51. The summed E-state index contributed by atoms with van der Waals surface area (Å²) in [7, 11) is 0. The maximum Gasteiger partial charge on any atom is 0.330 e. The first-order chi connectivity index (χ1) is 13.9. The van der Waals surface area contributed by atoms with Crippen LogP contribution in [0.2, 0.25) is 0 Å². The first-order valence-electron chi connectivity index (χ1n) is 8.26. The largest absolute Gasteiger partial charge is 0.479 e. The number of rotatable bonds is 7. The number of aromatic nitrogens is 6. The number of carboxylic acid groups (broad SMARTS) is 1. The molecule has 2 N–H and O–H groups in total. The highest BCUT2D eigenvalue weighted by molar-refractivity contribution is 8.03. The Labute approximate surface area is 176 Å². The van der Waals surface area contributed by atoms with Gasteiger partial charge in [0.2, 0.25) is 11.8 Å². The van der Waals surface area contributed by atoms with Crippen LogP contribution in [0.15, 0.2) is 21.6 Å². The molecule has 0 radical (unpaired) electrons. The third-order valence-electron chi connectivity index (χ3n) is 4.19. The second-order valence-electron chi connectivity index (χ2n) is 6.13. The molecule has 4 rings (SSSR count). The van der Waals surface area contributed by atoms with E-state index >= 15 is 0 Å². The summed E-state index contributed by atoms with van der Waals surface area (Å²) in [6.45, 7) is 1.71. The number of thioether (sulfide) groups is 2. The van der Waals surface area contributed by atoms with Gasteiger partial charge in [-0.3, -0.25) is 9.59 Å². The predicted octanol–water partition coefficient (Wildman–Crippen LogP) is -0.638. The van der Waals surface area contributed by atoms with E-state index < -0.39 is 35.2 Å². The van der Waals surface area contributed by atoms with Gasteiger partial charge in [-0.2, -0.15) is 0 Å². The molecule has 29 heavy (non-hydrogen) atoms. The Balaban J connectivity index is 1.42. The Morgan fingerprint density at radius 1 is 1.38 bits per heavy atom. The van der Waals surface area contributed by atoms with Gasteiger partial charge in [-0.05, 0) is 28.3 Å². The lowest BCUT2D eigenvalue weighted by Gasteiger charge is -2.51. The Morgan fingerprint density at radius 2 is 2.21 bits per heavy atom. The van der Waals surface area contributed by atoms with Crippen molar-refractivity contribution >= 4 is 52.6 Å². The molecular weight excluding hydrogens is 440 g/mol. The van der Waals surface area contributed by atoms with Crippen LogP contribution in [0.25, 0.3) is 0 Å². The highest BCUT2D eigenvalue weighted by atomic mass is 32.2. The van der Waals surface area contributed by atoms with Gasteiger partial charge in [-0.25, -0.2) is 9.48 Å². The van der Waals surface area contributed by atoms with Crippen molar-refractivity contribution in [3.05, 3.63) is 22.3 Å². The summed E-state index contributed by atoms with van der Waals surface area (Å²) in [5, 5.41) is 32.9. The molecule has 2 amide bonds. The van der Waals surface area contributed by atoms with Crippen LogP contribution in [0.5, 0.6) is 0 Å². The van der Waals surface area contributed by atoms with Crippen LogP contribution in [0.3, 0.4) is 0 Å². The number of carboxylic acids is 1. The number of hydrogen-bond donors (Lipinski definition) is 2. The molecule has 12 nitrogen and oxygen atoms in total. The summed E-state index contributed by atoms with van der Waals surface area (Å²) >= 11 is 4.12. The van der Waals surface area contributed by atoms with Crippen molar-refractivity contribution in [1.82, 2.24) is 40.6 Å². The van der Waals surface area contributed by atoms with Crippen LogP contribution >= 0.6 is 34.9 Å². The Hall–Kier alpha value is -2.52. The Bertz CT molecular complexity index is 977. The zero-order valence-corrected chi connectivity index (χ0v) is 17.3. The first-order valence-corrected chi connectivity index (χ1v) is 11.0. The summed E-state index contributed by atoms with van der Waals surface area (Å²) in [6.07, 6.45) is 1.29. The molecule has 2 aliphatic heterocycles. The maximum atomic E-state index is 12.6. The van der Waals surface area contributed by atoms with Crippen LogP contribution in [-0.2, 0) is 20.9 Å². The summed E-state index contributed by atoms with van der Waals surface area (Å²) < 4.78 is 1.97. The number of aryl methyl sites for hydroxylation is 1. The van der Waals surface area contributed by atoms with Crippen molar-refractivity contribution in [2.75, 3.05) is 5.75 Å². The predicted molar refractivity (Wildman–Crippen MR) is 103 cm³/mol. The van der Waals surface area contributed by atoms with Crippen molar-refractivity contribution in [3.8, 4) is 0 Å². The van der Waals surface area contributed by atoms with E-state index in [-0.39, 0.29) is 6.54 Å². The number of β-lactam (4-membered cyclic amide) rings is 1. The van der Waals surface area contributed by atoms with E-state index in [0.717, 1.165) is 9.35 Å². The lowest BCUT2D eigenvalue weighted by molar-refractivity contribution is -0.160. The molecule has 3 atom stereocenters. The number of amides is 2. The number of carbonyl (C=O) groups excluding carboxylic acids is 2. The van der Waals surface area contributed by atoms with Gasteiger partial charge in [0.15, 0.2) is 10.4 Å². The molecule has 1 unspecified atom stereocenters. The molecule has 2 aromatic rings. The zero-order valence-electron chi connectivity index (χ0n) is 14.8. The maximum absolute atomic E-state index is 12.6. The minimum atomic E-state index is -1.11. The number of fused-ring (bicyclic) bond motifs is 1. The third-order valence-corrected chi connectivity index (χ3v) is 7.45. The normalized spacial score (nSPS) is 23.2. The number of carbonyl (C=O) groups is 3. The average Bonchev–Trinajstić information content (AvgIpc) is 3.35. The van der Waals surface area contributed by atoms with Crippen molar-refractivity contribution < 1.29 is 19.5 Å². The molecule has 2 aliphatic rings. The van der Waals surface area contributed by atoms with Crippen molar-refractivity contribution in [3.63, 3.8) is 0 Å². The molecule has 0 bridgehead atoms. The molecule has 0 spiro atoms. The minimum Gasteiger partial charge on any atom is -0.479 e. The van der Waals surface area contributed by atoms with Crippen molar-refractivity contribution in [2.24, 2.45) is 0 Å². The number of hydrogen-bond acceptors (Lipinski definition) is 11. The second-order valence-corrected chi connectivity index (χ2v) is 9.53. The van der Waals surface area contributed by atoms with Crippen molar-refractivity contribution in [1.29, 1.82) is 0 Å². The number of nitrogens with one attached hydrogen (secondary N) is 1. The lowest BCUT2D eigenvalue weighted by Crippen LogP contribution is -2.74. The van der Waals surface area contributed by atoms with Gasteiger partial charge in [-0.1, -0.05) is 23.1 Å². The van der Waals surface area contributed by atoms with E-state index in [1.807, 2.05) is 6.92 Å². The fraction of sp³-hybridized carbons (Fsp3) is 0.429. The molecule has 0 saturated carbocycles. The monoisotopic (exact) mass is 454 g/mol. The van der Waals surface area contributed by atoms with Gasteiger partial charge < -0.3 is 15.3 Å². The van der Waals surface area contributed by atoms with Crippen LogP contribution in [0.4, 0.5) is 0 Å². The molecule has 4 heterocycles. The molecular formula is C14H14N8O4S3. The smallest absolute Gasteiger partial charge is 0.330 e. The molecule has 152 valence electrons. The fourth-order valence-corrected chi connectivity index (χ4v) is 6.08. The number of nitrogens with zero attached hydrogens (tertiary/aromatic N) is 7. The standard InChI is InChI=1S/C14H14N8O4S3/c1-6-17-18-14(29-6)28-4-7-3-27-12-9(11(24)22(12)10(7)13(25)26)16-8(23)2-21-5-15-19-20-21/h3,5,9-10,12H,2,4H2,1H3,(H,16,23)(H,25,26)/t9-,10?,12-/m1/s1. The van der Waals surface area contributed by atoms with Crippen LogP contribution in [0.1, 0.15) is 5.01 Å². The lowest BCUT2D eigenvalue weighted by atomic mass is 9.99. The molecule has 1 saturated heterocycles. The van der Waals surface area contributed by atoms with Gasteiger partial charge in [0.1, 0.15) is 29.3 Å². The van der Waals surface area contributed by atoms with E-state index in [0.29, 0.717) is 11.3 Å². The molecule has 0 aromatic carbocycles. The number of aliphatic carboxylic acids is 1.